The molecule has 5 nitrogen and oxygen atoms in total. The summed E-state index contributed by atoms with van der Waals surface area (Å²) in [7, 11) is 0. The summed E-state index contributed by atoms with van der Waals surface area (Å²) >= 11 is 0. The Kier molecular flexibility index (Phi) is 8.02. The van der Waals surface area contributed by atoms with Gasteiger partial charge in [-0.1, -0.05) is 30.3 Å². The van der Waals surface area contributed by atoms with Gasteiger partial charge in [-0.3, -0.25) is 14.6 Å². The van der Waals surface area contributed by atoms with Crippen LogP contribution in [0.5, 0.6) is 0 Å². The van der Waals surface area contributed by atoms with Gasteiger partial charge in [0.25, 0.3) is 0 Å². The Hall–Kier alpha value is -3.87. The standard InChI is InChI=1S/C26H23F2NO4/c1-17(30)32-16-24(33-18(2)31)26(19-6-4-3-5-7-19)29-25(20-8-12-22(27)13-9-20)21-10-14-23(28)15-11-21/h3-15,24,26H,16H2,1-2H3/t24-,26+/m1/s1. The minimum absolute atomic E-state index is 0.210. The number of ether oxygens (including phenoxy) is 2. The predicted molar refractivity (Wildman–Crippen MR) is 120 cm³/mol. The molecule has 3 aromatic carbocycles. The number of esters is 2. The lowest BCUT2D eigenvalue weighted by Crippen LogP contribution is -2.30. The fourth-order valence-corrected chi connectivity index (χ4v) is 3.30. The van der Waals surface area contributed by atoms with E-state index in [1.54, 1.807) is 24.3 Å². The molecule has 170 valence electrons. The first-order chi connectivity index (χ1) is 15.8. The van der Waals surface area contributed by atoms with Crippen molar-refractivity contribution in [1.29, 1.82) is 0 Å². The van der Waals surface area contributed by atoms with E-state index in [0.29, 0.717) is 22.4 Å². The van der Waals surface area contributed by atoms with Crippen molar-refractivity contribution in [3.8, 4) is 0 Å². The number of aliphatic imine (C=N–C) groups is 1. The molecule has 0 unspecified atom stereocenters. The van der Waals surface area contributed by atoms with Gasteiger partial charge in [0.1, 0.15) is 24.3 Å². The third kappa shape index (κ3) is 6.80. The second-order valence-corrected chi connectivity index (χ2v) is 7.30. The number of rotatable bonds is 8. The van der Waals surface area contributed by atoms with Crippen LogP contribution in [-0.2, 0) is 19.1 Å². The third-order valence-electron chi connectivity index (χ3n) is 4.76. The Balaban J connectivity index is 2.17. The van der Waals surface area contributed by atoms with Crippen molar-refractivity contribution in [3.63, 3.8) is 0 Å². The van der Waals surface area contributed by atoms with Gasteiger partial charge in [0, 0.05) is 25.0 Å². The zero-order valence-corrected chi connectivity index (χ0v) is 18.2. The SMILES string of the molecule is CC(=O)OC[C@@H](OC(C)=O)[C@@H](N=C(c1ccc(F)cc1)c1ccc(F)cc1)c1ccccc1. The van der Waals surface area contributed by atoms with Crippen LogP contribution < -0.4 is 0 Å². The van der Waals surface area contributed by atoms with Gasteiger partial charge in [0.15, 0.2) is 6.10 Å². The van der Waals surface area contributed by atoms with Crippen LogP contribution >= 0.6 is 0 Å². The summed E-state index contributed by atoms with van der Waals surface area (Å²) in [4.78, 5) is 28.2. The number of carbonyl (C=O) groups excluding carboxylic acids is 2. The first kappa shape index (κ1) is 23.8. The molecule has 0 N–H and O–H groups in total. The first-order valence-electron chi connectivity index (χ1n) is 10.3. The van der Waals surface area contributed by atoms with Crippen LogP contribution in [0.1, 0.15) is 36.6 Å². The first-order valence-corrected chi connectivity index (χ1v) is 10.3. The summed E-state index contributed by atoms with van der Waals surface area (Å²) in [6.07, 6.45) is -0.926. The Morgan fingerprint density at radius 2 is 1.30 bits per heavy atom. The molecule has 0 bridgehead atoms. The highest BCUT2D eigenvalue weighted by atomic mass is 19.1. The van der Waals surface area contributed by atoms with E-state index < -0.39 is 35.7 Å². The highest BCUT2D eigenvalue weighted by Crippen LogP contribution is 2.27. The second kappa shape index (κ2) is 11.1. The molecule has 0 aliphatic carbocycles. The Bertz CT molecular complexity index is 1070. The zero-order chi connectivity index (χ0) is 23.8. The topological polar surface area (TPSA) is 65.0 Å². The molecule has 0 aliphatic heterocycles. The van der Waals surface area contributed by atoms with E-state index in [-0.39, 0.29) is 6.61 Å². The minimum atomic E-state index is -0.926. The lowest BCUT2D eigenvalue weighted by molar-refractivity contribution is -0.157. The van der Waals surface area contributed by atoms with Crippen molar-refractivity contribution in [2.75, 3.05) is 6.61 Å². The molecule has 0 aromatic heterocycles. The maximum Gasteiger partial charge on any atom is 0.303 e. The molecule has 0 aliphatic rings. The molecule has 3 aromatic rings. The smallest absolute Gasteiger partial charge is 0.303 e. The molecule has 33 heavy (non-hydrogen) atoms. The second-order valence-electron chi connectivity index (χ2n) is 7.30. The molecule has 2 atom stereocenters. The van der Waals surface area contributed by atoms with Gasteiger partial charge >= 0.3 is 11.9 Å². The van der Waals surface area contributed by atoms with Gasteiger partial charge in [0.05, 0.1) is 5.71 Å². The van der Waals surface area contributed by atoms with E-state index >= 15 is 0 Å². The number of benzene rings is 3. The van der Waals surface area contributed by atoms with E-state index in [2.05, 4.69) is 0 Å². The number of nitrogens with zero attached hydrogens (tertiary/aromatic N) is 1. The molecule has 0 fully saturated rings. The van der Waals surface area contributed by atoms with Crippen molar-refractivity contribution < 1.29 is 27.8 Å². The molecule has 0 radical (unpaired) electrons. The van der Waals surface area contributed by atoms with Gasteiger partial charge < -0.3 is 9.47 Å². The monoisotopic (exact) mass is 451 g/mol. The molecule has 0 spiro atoms. The van der Waals surface area contributed by atoms with Crippen molar-refractivity contribution in [1.82, 2.24) is 0 Å². The van der Waals surface area contributed by atoms with E-state index in [9.17, 15) is 18.4 Å². The Labute approximate surface area is 190 Å². The maximum absolute atomic E-state index is 13.6. The summed E-state index contributed by atoms with van der Waals surface area (Å²) in [5.74, 6) is -1.91. The fraction of sp³-hybridized carbons (Fsp3) is 0.192. The predicted octanol–water partition coefficient (Wildman–Crippen LogP) is 5.04. The van der Waals surface area contributed by atoms with Crippen LogP contribution in [0.15, 0.2) is 83.9 Å². The molecule has 7 heteroatoms. The van der Waals surface area contributed by atoms with E-state index in [4.69, 9.17) is 14.5 Å². The van der Waals surface area contributed by atoms with Gasteiger partial charge in [-0.15, -0.1) is 0 Å². The maximum atomic E-state index is 13.6. The van der Waals surface area contributed by atoms with Crippen molar-refractivity contribution in [2.45, 2.75) is 26.0 Å². The van der Waals surface area contributed by atoms with E-state index in [1.807, 2.05) is 30.3 Å². The van der Waals surface area contributed by atoms with Gasteiger partial charge in [-0.2, -0.15) is 0 Å². The lowest BCUT2D eigenvalue weighted by atomic mass is 9.98. The third-order valence-corrected chi connectivity index (χ3v) is 4.76. The lowest BCUT2D eigenvalue weighted by Gasteiger charge is -2.25. The average Bonchev–Trinajstić information content (AvgIpc) is 2.79. The van der Waals surface area contributed by atoms with E-state index in [0.717, 1.165) is 0 Å². The molecule has 0 saturated carbocycles. The van der Waals surface area contributed by atoms with Crippen molar-refractivity contribution >= 4 is 17.7 Å². The quantitative estimate of drug-likeness (QED) is 0.356. The van der Waals surface area contributed by atoms with Crippen molar-refractivity contribution in [3.05, 3.63) is 107 Å². The summed E-state index contributed by atoms with van der Waals surface area (Å²) < 4.78 is 37.8. The van der Waals surface area contributed by atoms with Gasteiger partial charge in [0.2, 0.25) is 0 Å². The van der Waals surface area contributed by atoms with Crippen LogP contribution in [0.3, 0.4) is 0 Å². The Morgan fingerprint density at radius 3 is 1.76 bits per heavy atom. The number of hydrogen-bond acceptors (Lipinski definition) is 5. The van der Waals surface area contributed by atoms with Gasteiger partial charge in [-0.05, 0) is 54.1 Å². The molecule has 3 rings (SSSR count). The summed E-state index contributed by atoms with van der Waals surface area (Å²) in [5.41, 5.74) is 2.30. The van der Waals surface area contributed by atoms with Crippen LogP contribution in [-0.4, -0.2) is 30.4 Å². The molecule has 0 heterocycles. The number of carbonyl (C=O) groups is 2. The highest BCUT2D eigenvalue weighted by molar-refractivity contribution is 6.13. The van der Waals surface area contributed by atoms with Crippen molar-refractivity contribution in [2.24, 2.45) is 4.99 Å². The van der Waals surface area contributed by atoms with Crippen LogP contribution in [0.2, 0.25) is 0 Å². The van der Waals surface area contributed by atoms with E-state index in [1.165, 1.54) is 38.1 Å². The van der Waals surface area contributed by atoms with Crippen LogP contribution in [0, 0.1) is 11.6 Å². The normalized spacial score (nSPS) is 12.4. The molecule has 0 saturated heterocycles. The fourth-order valence-electron chi connectivity index (χ4n) is 3.30. The molecule has 0 amide bonds. The van der Waals surface area contributed by atoms with Crippen LogP contribution in [0.25, 0.3) is 0 Å². The highest BCUT2D eigenvalue weighted by Gasteiger charge is 2.28. The number of hydrogen-bond donors (Lipinski definition) is 0. The number of halogens is 2. The van der Waals surface area contributed by atoms with Crippen LogP contribution in [0.4, 0.5) is 8.78 Å². The minimum Gasteiger partial charge on any atom is -0.462 e. The average molecular weight is 451 g/mol. The summed E-state index contributed by atoms with van der Waals surface area (Å²) in [5, 5.41) is 0. The zero-order valence-electron chi connectivity index (χ0n) is 18.2. The molecular formula is C26H23F2NO4. The Morgan fingerprint density at radius 1 is 0.788 bits per heavy atom. The summed E-state index contributed by atoms with van der Waals surface area (Å²) in [6, 6.07) is 19.8. The summed E-state index contributed by atoms with van der Waals surface area (Å²) in [6.45, 7) is 2.31. The molecular weight excluding hydrogens is 428 g/mol. The van der Waals surface area contributed by atoms with Gasteiger partial charge in [-0.25, -0.2) is 8.78 Å². The largest absolute Gasteiger partial charge is 0.462 e.